The highest BCUT2D eigenvalue weighted by Gasteiger charge is 2.27. The Balaban J connectivity index is 2.07. The van der Waals surface area contributed by atoms with Crippen molar-refractivity contribution in [3.05, 3.63) is 11.9 Å². The normalized spacial score (nSPS) is 16.2. The smallest absolute Gasteiger partial charge is 0.218 e. The molecule has 2 rings (SSSR count). The molecule has 4 nitrogen and oxygen atoms in total. The molecule has 0 aromatic carbocycles. The van der Waals surface area contributed by atoms with Gasteiger partial charge < -0.3 is 10.1 Å². The number of unbranched alkanes of at least 4 members (excludes halogenated alkanes) is 1. The summed E-state index contributed by atoms with van der Waals surface area (Å²) >= 11 is 0. The van der Waals surface area contributed by atoms with Crippen molar-refractivity contribution in [1.82, 2.24) is 9.97 Å². The van der Waals surface area contributed by atoms with Gasteiger partial charge in [0.05, 0.1) is 6.61 Å². The van der Waals surface area contributed by atoms with Crippen molar-refractivity contribution >= 4 is 5.82 Å². The second kappa shape index (κ2) is 6.73. The Morgan fingerprint density at radius 1 is 1.37 bits per heavy atom. The lowest BCUT2D eigenvalue weighted by molar-refractivity contribution is 0.296. The fraction of sp³-hybridized carbons (Fsp3) is 0.733. The van der Waals surface area contributed by atoms with Gasteiger partial charge in [-0.1, -0.05) is 20.3 Å². The maximum atomic E-state index is 5.73. The van der Waals surface area contributed by atoms with Gasteiger partial charge >= 0.3 is 0 Å². The number of anilines is 1. The van der Waals surface area contributed by atoms with Gasteiger partial charge in [0, 0.05) is 18.0 Å². The van der Waals surface area contributed by atoms with Crippen molar-refractivity contribution < 1.29 is 4.74 Å². The Morgan fingerprint density at radius 2 is 2.16 bits per heavy atom. The molecule has 1 N–H and O–H groups in total. The van der Waals surface area contributed by atoms with Crippen LogP contribution in [0.4, 0.5) is 5.82 Å². The van der Waals surface area contributed by atoms with Crippen molar-refractivity contribution in [2.45, 2.75) is 64.8 Å². The lowest BCUT2D eigenvalue weighted by atomic mass is 10.2. The largest absolute Gasteiger partial charge is 0.478 e. The molecule has 1 fully saturated rings. The Kier molecular flexibility index (Phi) is 5.00. The number of hydrogen-bond acceptors (Lipinski definition) is 4. The summed E-state index contributed by atoms with van der Waals surface area (Å²) in [5, 5.41) is 3.41. The van der Waals surface area contributed by atoms with E-state index in [1.165, 1.54) is 12.8 Å². The van der Waals surface area contributed by atoms with E-state index in [-0.39, 0.29) is 0 Å². The molecule has 0 bridgehead atoms. The van der Waals surface area contributed by atoms with Crippen LogP contribution in [-0.2, 0) is 0 Å². The quantitative estimate of drug-likeness (QED) is 0.726. The molecule has 0 radical (unpaired) electrons. The standard InChI is InChI=1S/C15H25N3O/c1-4-6-9-19-14-10-13(16-11(3)5-2)17-15(18-14)12-7-8-12/h10-12H,4-9H2,1-3H3,(H,16,17,18). The Hall–Kier alpha value is -1.32. The zero-order valence-electron chi connectivity index (χ0n) is 12.3. The van der Waals surface area contributed by atoms with Gasteiger partial charge in [-0.2, -0.15) is 4.98 Å². The molecule has 1 aliphatic carbocycles. The summed E-state index contributed by atoms with van der Waals surface area (Å²) in [6.07, 6.45) is 5.70. The molecule has 1 heterocycles. The molecule has 0 aliphatic heterocycles. The van der Waals surface area contributed by atoms with Crippen LogP contribution in [0.15, 0.2) is 6.07 Å². The lowest BCUT2D eigenvalue weighted by Crippen LogP contribution is -2.15. The van der Waals surface area contributed by atoms with Crippen LogP contribution in [0.3, 0.4) is 0 Å². The van der Waals surface area contributed by atoms with E-state index in [2.05, 4.69) is 36.1 Å². The van der Waals surface area contributed by atoms with Crippen LogP contribution in [0, 0.1) is 0 Å². The van der Waals surface area contributed by atoms with Crippen LogP contribution < -0.4 is 10.1 Å². The van der Waals surface area contributed by atoms with Crippen LogP contribution >= 0.6 is 0 Å². The Bertz CT molecular complexity index is 404. The topological polar surface area (TPSA) is 47.0 Å². The molecule has 4 heteroatoms. The second-order valence-corrected chi connectivity index (χ2v) is 5.38. The summed E-state index contributed by atoms with van der Waals surface area (Å²) < 4.78 is 5.73. The van der Waals surface area contributed by atoms with Crippen molar-refractivity contribution in [1.29, 1.82) is 0 Å². The minimum atomic E-state index is 0.422. The molecule has 0 saturated heterocycles. The number of hydrogen-bond donors (Lipinski definition) is 1. The molecule has 1 aromatic rings. The molecule has 106 valence electrons. The SMILES string of the molecule is CCCCOc1cc(NC(C)CC)nc(C2CC2)n1. The number of nitrogens with one attached hydrogen (secondary N) is 1. The van der Waals surface area contributed by atoms with E-state index in [4.69, 9.17) is 4.74 Å². The second-order valence-electron chi connectivity index (χ2n) is 5.38. The fourth-order valence-corrected chi connectivity index (χ4v) is 1.79. The van der Waals surface area contributed by atoms with Crippen molar-refractivity contribution in [3.8, 4) is 5.88 Å². The molecule has 1 atom stereocenters. The average Bonchev–Trinajstić information content (AvgIpc) is 3.23. The van der Waals surface area contributed by atoms with Gasteiger partial charge in [0.25, 0.3) is 0 Å². The summed E-state index contributed by atoms with van der Waals surface area (Å²) in [4.78, 5) is 9.14. The third-order valence-corrected chi connectivity index (χ3v) is 3.42. The van der Waals surface area contributed by atoms with E-state index < -0.39 is 0 Å². The van der Waals surface area contributed by atoms with Crippen molar-refractivity contribution in [3.63, 3.8) is 0 Å². The summed E-state index contributed by atoms with van der Waals surface area (Å²) in [7, 11) is 0. The first kappa shape index (κ1) is 14.1. The first-order valence-corrected chi connectivity index (χ1v) is 7.51. The van der Waals surface area contributed by atoms with Crippen LogP contribution in [0.5, 0.6) is 5.88 Å². The van der Waals surface area contributed by atoms with Gasteiger partial charge in [0.15, 0.2) is 0 Å². The predicted molar refractivity (Wildman–Crippen MR) is 77.8 cm³/mol. The zero-order valence-corrected chi connectivity index (χ0v) is 12.3. The van der Waals surface area contributed by atoms with Gasteiger partial charge in [-0.15, -0.1) is 0 Å². The maximum absolute atomic E-state index is 5.73. The molecule has 19 heavy (non-hydrogen) atoms. The molecule has 1 aliphatic rings. The summed E-state index contributed by atoms with van der Waals surface area (Å²) in [6.45, 7) is 7.23. The van der Waals surface area contributed by atoms with Crippen LogP contribution in [0.2, 0.25) is 0 Å². The number of aromatic nitrogens is 2. The van der Waals surface area contributed by atoms with E-state index in [1.807, 2.05) is 6.07 Å². The number of rotatable bonds is 8. The molecular weight excluding hydrogens is 238 g/mol. The highest BCUT2D eigenvalue weighted by Crippen LogP contribution is 2.39. The summed E-state index contributed by atoms with van der Waals surface area (Å²) in [5.74, 6) is 3.11. The molecule has 1 unspecified atom stereocenters. The summed E-state index contributed by atoms with van der Waals surface area (Å²) in [5.41, 5.74) is 0. The highest BCUT2D eigenvalue weighted by molar-refractivity contribution is 5.40. The van der Waals surface area contributed by atoms with E-state index in [1.54, 1.807) is 0 Å². The highest BCUT2D eigenvalue weighted by atomic mass is 16.5. The van der Waals surface area contributed by atoms with Gasteiger partial charge in [0.2, 0.25) is 5.88 Å². The summed E-state index contributed by atoms with van der Waals surface area (Å²) in [6, 6.07) is 2.35. The van der Waals surface area contributed by atoms with E-state index in [9.17, 15) is 0 Å². The average molecular weight is 263 g/mol. The van der Waals surface area contributed by atoms with Crippen molar-refractivity contribution in [2.75, 3.05) is 11.9 Å². The third-order valence-electron chi connectivity index (χ3n) is 3.42. The molecule has 1 aromatic heterocycles. The van der Waals surface area contributed by atoms with Gasteiger partial charge in [-0.05, 0) is 32.6 Å². The minimum absolute atomic E-state index is 0.422. The molecular formula is C15H25N3O. The predicted octanol–water partition coefficient (Wildman–Crippen LogP) is 3.74. The first-order valence-electron chi connectivity index (χ1n) is 7.51. The van der Waals surface area contributed by atoms with Crippen LogP contribution in [-0.4, -0.2) is 22.6 Å². The first-order chi connectivity index (χ1) is 9.22. The van der Waals surface area contributed by atoms with Gasteiger partial charge in [-0.3, -0.25) is 0 Å². The van der Waals surface area contributed by atoms with E-state index in [0.29, 0.717) is 12.0 Å². The Labute approximate surface area is 116 Å². The molecule has 0 amide bonds. The number of ether oxygens (including phenoxy) is 1. The fourth-order valence-electron chi connectivity index (χ4n) is 1.79. The minimum Gasteiger partial charge on any atom is -0.478 e. The van der Waals surface area contributed by atoms with Crippen LogP contribution in [0.25, 0.3) is 0 Å². The maximum Gasteiger partial charge on any atom is 0.218 e. The van der Waals surface area contributed by atoms with Crippen molar-refractivity contribution in [2.24, 2.45) is 0 Å². The van der Waals surface area contributed by atoms with Crippen LogP contribution in [0.1, 0.15) is 64.6 Å². The Morgan fingerprint density at radius 3 is 2.79 bits per heavy atom. The monoisotopic (exact) mass is 263 g/mol. The lowest BCUT2D eigenvalue weighted by Gasteiger charge is -2.14. The van der Waals surface area contributed by atoms with Gasteiger partial charge in [0.1, 0.15) is 11.6 Å². The third kappa shape index (κ3) is 4.37. The van der Waals surface area contributed by atoms with E-state index >= 15 is 0 Å². The zero-order chi connectivity index (χ0) is 13.7. The molecule has 1 saturated carbocycles. The molecule has 0 spiro atoms. The van der Waals surface area contributed by atoms with E-state index in [0.717, 1.165) is 43.4 Å². The van der Waals surface area contributed by atoms with Gasteiger partial charge in [-0.25, -0.2) is 4.98 Å². The number of nitrogens with zero attached hydrogens (tertiary/aromatic N) is 2.